The molecule has 2 aromatic rings. The maximum atomic E-state index is 12.3. The molecule has 0 aliphatic carbocycles. The number of carboxylic acids is 1. The van der Waals surface area contributed by atoms with Crippen molar-refractivity contribution < 1.29 is 18.3 Å². The van der Waals surface area contributed by atoms with Crippen molar-refractivity contribution in [1.82, 2.24) is 9.71 Å². The third-order valence-electron chi connectivity index (χ3n) is 3.15. The first-order valence-corrected chi connectivity index (χ1v) is 8.34. The standard InChI is InChI=1S/C15H17N3O4S/c16-12-5-3-11(4-6-12)8-13(9-15(19)20)18-23(21,22)14-2-1-7-17-10-14/h1-7,10,13,18H,8-9,16H2,(H,19,20)/t13-/m1/s1. The Labute approximate surface area is 134 Å². The molecule has 8 heteroatoms. The number of nitrogen functional groups attached to an aromatic ring is 1. The minimum Gasteiger partial charge on any atom is -0.481 e. The lowest BCUT2D eigenvalue weighted by molar-refractivity contribution is -0.137. The summed E-state index contributed by atoms with van der Waals surface area (Å²) in [5.41, 5.74) is 6.98. The van der Waals surface area contributed by atoms with Crippen molar-refractivity contribution in [3.63, 3.8) is 0 Å². The van der Waals surface area contributed by atoms with Crippen LogP contribution in [-0.4, -0.2) is 30.5 Å². The van der Waals surface area contributed by atoms with E-state index >= 15 is 0 Å². The first-order chi connectivity index (χ1) is 10.9. The zero-order valence-corrected chi connectivity index (χ0v) is 13.0. The van der Waals surface area contributed by atoms with Crippen LogP contribution in [0.2, 0.25) is 0 Å². The van der Waals surface area contributed by atoms with Crippen LogP contribution < -0.4 is 10.5 Å². The minimum atomic E-state index is -3.83. The summed E-state index contributed by atoms with van der Waals surface area (Å²) in [6.45, 7) is 0. The smallest absolute Gasteiger partial charge is 0.304 e. The minimum absolute atomic E-state index is 0.00676. The van der Waals surface area contributed by atoms with Gasteiger partial charge in [-0.15, -0.1) is 0 Å². The van der Waals surface area contributed by atoms with Gasteiger partial charge >= 0.3 is 5.97 Å². The lowest BCUT2D eigenvalue weighted by atomic mass is 10.0. The second kappa shape index (κ2) is 7.21. The van der Waals surface area contributed by atoms with Gasteiger partial charge in [0.25, 0.3) is 0 Å². The lowest BCUT2D eigenvalue weighted by Crippen LogP contribution is -2.38. The topological polar surface area (TPSA) is 122 Å². The number of aliphatic carboxylic acids is 1. The van der Waals surface area contributed by atoms with Crippen molar-refractivity contribution in [2.24, 2.45) is 0 Å². The SMILES string of the molecule is Nc1ccc(C[C@H](CC(=O)O)NS(=O)(=O)c2cccnc2)cc1. The van der Waals surface area contributed by atoms with Crippen molar-refractivity contribution >= 4 is 21.7 Å². The fourth-order valence-corrected chi connectivity index (χ4v) is 3.30. The number of anilines is 1. The highest BCUT2D eigenvalue weighted by molar-refractivity contribution is 7.89. The molecule has 0 amide bonds. The van der Waals surface area contributed by atoms with Crippen LogP contribution in [-0.2, 0) is 21.2 Å². The van der Waals surface area contributed by atoms with Crippen LogP contribution in [0.5, 0.6) is 0 Å². The first-order valence-electron chi connectivity index (χ1n) is 6.85. The fraction of sp³-hybridized carbons (Fsp3) is 0.200. The highest BCUT2D eigenvalue weighted by Gasteiger charge is 2.22. The molecule has 7 nitrogen and oxygen atoms in total. The van der Waals surface area contributed by atoms with Crippen LogP contribution in [0, 0.1) is 0 Å². The summed E-state index contributed by atoms with van der Waals surface area (Å²) >= 11 is 0. The molecule has 0 bridgehead atoms. The molecule has 0 saturated heterocycles. The summed E-state index contributed by atoms with van der Waals surface area (Å²) in [6.07, 6.45) is 2.58. The summed E-state index contributed by atoms with van der Waals surface area (Å²) in [5.74, 6) is -1.08. The molecule has 0 unspecified atom stereocenters. The summed E-state index contributed by atoms with van der Waals surface area (Å²) < 4.78 is 27.0. The molecular weight excluding hydrogens is 318 g/mol. The van der Waals surface area contributed by atoms with E-state index in [2.05, 4.69) is 9.71 Å². The van der Waals surface area contributed by atoms with Gasteiger partial charge in [-0.2, -0.15) is 0 Å². The largest absolute Gasteiger partial charge is 0.481 e. The third-order valence-corrected chi connectivity index (χ3v) is 4.66. The molecule has 2 rings (SSSR count). The van der Waals surface area contributed by atoms with E-state index in [9.17, 15) is 13.2 Å². The van der Waals surface area contributed by atoms with E-state index in [0.29, 0.717) is 5.69 Å². The number of aromatic nitrogens is 1. The van der Waals surface area contributed by atoms with Crippen molar-refractivity contribution in [3.8, 4) is 0 Å². The lowest BCUT2D eigenvalue weighted by Gasteiger charge is -2.17. The highest BCUT2D eigenvalue weighted by Crippen LogP contribution is 2.13. The van der Waals surface area contributed by atoms with Gasteiger partial charge in [0.05, 0.1) is 6.42 Å². The summed E-state index contributed by atoms with van der Waals surface area (Å²) in [5, 5.41) is 9.01. The predicted molar refractivity (Wildman–Crippen MR) is 85.2 cm³/mol. The van der Waals surface area contributed by atoms with Crippen molar-refractivity contribution in [3.05, 3.63) is 54.4 Å². The number of benzene rings is 1. The van der Waals surface area contributed by atoms with E-state index in [-0.39, 0.29) is 17.7 Å². The molecule has 23 heavy (non-hydrogen) atoms. The number of carboxylic acid groups (broad SMARTS) is 1. The number of pyridine rings is 1. The van der Waals surface area contributed by atoms with E-state index in [4.69, 9.17) is 10.8 Å². The second-order valence-electron chi connectivity index (χ2n) is 5.05. The highest BCUT2D eigenvalue weighted by atomic mass is 32.2. The molecule has 0 fully saturated rings. The van der Waals surface area contributed by atoms with Gasteiger partial charge in [-0.05, 0) is 36.2 Å². The van der Waals surface area contributed by atoms with Crippen molar-refractivity contribution in [2.45, 2.75) is 23.8 Å². The van der Waals surface area contributed by atoms with Gasteiger partial charge in [0.1, 0.15) is 4.90 Å². The van der Waals surface area contributed by atoms with E-state index in [1.807, 2.05) is 0 Å². The average molecular weight is 335 g/mol. The summed E-state index contributed by atoms with van der Waals surface area (Å²) in [7, 11) is -3.83. The molecule has 0 aliphatic rings. The fourth-order valence-electron chi connectivity index (χ4n) is 2.10. The Kier molecular flexibility index (Phi) is 5.30. The van der Waals surface area contributed by atoms with Crippen LogP contribution in [0.3, 0.4) is 0 Å². The van der Waals surface area contributed by atoms with Crippen molar-refractivity contribution in [1.29, 1.82) is 0 Å². The Morgan fingerprint density at radius 3 is 2.52 bits per heavy atom. The summed E-state index contributed by atoms with van der Waals surface area (Å²) in [4.78, 5) is 14.8. The second-order valence-corrected chi connectivity index (χ2v) is 6.76. The molecule has 1 aromatic carbocycles. The van der Waals surface area contributed by atoms with E-state index in [0.717, 1.165) is 5.56 Å². The van der Waals surface area contributed by atoms with Gasteiger partial charge in [-0.25, -0.2) is 13.1 Å². The zero-order valence-electron chi connectivity index (χ0n) is 12.2. The van der Waals surface area contributed by atoms with Gasteiger partial charge in [0.2, 0.25) is 10.0 Å². The molecular formula is C15H17N3O4S. The number of rotatable bonds is 7. The first kappa shape index (κ1) is 16.9. The Hall–Kier alpha value is -2.45. The Morgan fingerprint density at radius 1 is 1.26 bits per heavy atom. The van der Waals surface area contributed by atoms with E-state index in [1.165, 1.54) is 24.5 Å². The number of hydrogen-bond donors (Lipinski definition) is 3. The third kappa shape index (κ3) is 5.04. The Balaban J connectivity index is 2.18. The number of nitrogens with one attached hydrogen (secondary N) is 1. The maximum absolute atomic E-state index is 12.3. The van der Waals surface area contributed by atoms with Gasteiger partial charge < -0.3 is 10.8 Å². The average Bonchev–Trinajstić information content (AvgIpc) is 2.49. The van der Waals surface area contributed by atoms with Gasteiger partial charge in [0.15, 0.2) is 0 Å². The number of carbonyl (C=O) groups is 1. The van der Waals surface area contributed by atoms with E-state index in [1.54, 1.807) is 24.3 Å². The molecule has 0 saturated carbocycles. The van der Waals surface area contributed by atoms with Crippen LogP contribution in [0.4, 0.5) is 5.69 Å². The molecule has 1 aromatic heterocycles. The predicted octanol–water partition coefficient (Wildman–Crippen LogP) is 1.03. The molecule has 4 N–H and O–H groups in total. The molecule has 0 aliphatic heterocycles. The van der Waals surface area contributed by atoms with Gasteiger partial charge in [0, 0.05) is 24.1 Å². The van der Waals surface area contributed by atoms with Crippen LogP contribution in [0.15, 0.2) is 53.7 Å². The molecule has 1 atom stereocenters. The van der Waals surface area contributed by atoms with E-state index < -0.39 is 22.0 Å². The monoisotopic (exact) mass is 335 g/mol. The van der Waals surface area contributed by atoms with Crippen LogP contribution in [0.1, 0.15) is 12.0 Å². The quantitative estimate of drug-likeness (QED) is 0.650. The number of nitrogens with zero attached hydrogens (tertiary/aromatic N) is 1. The Bertz CT molecular complexity index is 761. The van der Waals surface area contributed by atoms with Crippen LogP contribution in [0.25, 0.3) is 0 Å². The molecule has 0 radical (unpaired) electrons. The number of nitrogens with two attached hydrogens (primary N) is 1. The normalized spacial score (nSPS) is 12.7. The molecule has 1 heterocycles. The van der Waals surface area contributed by atoms with Crippen LogP contribution >= 0.6 is 0 Å². The van der Waals surface area contributed by atoms with Gasteiger partial charge in [-0.1, -0.05) is 12.1 Å². The number of sulfonamides is 1. The zero-order chi connectivity index (χ0) is 16.9. The number of hydrogen-bond acceptors (Lipinski definition) is 5. The Morgan fingerprint density at radius 2 is 1.96 bits per heavy atom. The van der Waals surface area contributed by atoms with Crippen molar-refractivity contribution in [2.75, 3.05) is 5.73 Å². The molecule has 0 spiro atoms. The van der Waals surface area contributed by atoms with Gasteiger partial charge in [-0.3, -0.25) is 9.78 Å². The summed E-state index contributed by atoms with van der Waals surface area (Å²) in [6, 6.07) is 8.97. The maximum Gasteiger partial charge on any atom is 0.304 e. The molecule has 122 valence electrons.